The number of ether oxygens (including phenoxy) is 2. The van der Waals surface area contributed by atoms with E-state index in [9.17, 15) is 4.79 Å². The Morgan fingerprint density at radius 2 is 1.30 bits per heavy atom. The van der Waals surface area contributed by atoms with Gasteiger partial charge in [-0.05, 0) is 52.0 Å². The molecule has 0 aromatic heterocycles. The molecule has 172 valence electrons. The first-order chi connectivity index (χ1) is 16.0. The van der Waals surface area contributed by atoms with Gasteiger partial charge >= 0.3 is 5.97 Å². The van der Waals surface area contributed by atoms with Crippen LogP contribution in [0.5, 0.6) is 11.5 Å². The van der Waals surface area contributed by atoms with Crippen LogP contribution in [0.25, 0.3) is 0 Å². The second-order valence-electron chi connectivity index (χ2n) is 8.11. The minimum absolute atomic E-state index is 0.403. The van der Waals surface area contributed by atoms with Crippen molar-refractivity contribution in [1.29, 1.82) is 0 Å². The lowest BCUT2D eigenvalue weighted by atomic mass is 9.77. The summed E-state index contributed by atoms with van der Waals surface area (Å²) < 4.78 is 12.7. The molecule has 0 bridgehead atoms. The molecule has 33 heavy (non-hydrogen) atoms. The van der Waals surface area contributed by atoms with Crippen LogP contribution in [0.1, 0.15) is 38.8 Å². The van der Waals surface area contributed by atoms with E-state index in [4.69, 9.17) is 9.47 Å². The fourth-order valence-electron chi connectivity index (χ4n) is 5.00. The van der Waals surface area contributed by atoms with Crippen LogP contribution in [-0.2, 0) is 15.1 Å². The molecule has 4 rings (SSSR count). The molecule has 1 spiro atoms. The maximum Gasteiger partial charge on any atom is 0.340 e. The lowest BCUT2D eigenvalue weighted by Crippen LogP contribution is -2.34. The van der Waals surface area contributed by atoms with Gasteiger partial charge in [-0.3, -0.25) is 0 Å². The molecule has 5 heteroatoms. The minimum Gasteiger partial charge on any atom is -0.456 e. The van der Waals surface area contributed by atoms with Gasteiger partial charge in [0.2, 0.25) is 0 Å². The molecule has 0 fully saturated rings. The average molecular weight is 445 g/mol. The number of esters is 1. The summed E-state index contributed by atoms with van der Waals surface area (Å²) in [6, 6.07) is 12.2. The van der Waals surface area contributed by atoms with E-state index in [1.54, 1.807) is 12.2 Å². The van der Waals surface area contributed by atoms with E-state index in [0.717, 1.165) is 48.7 Å². The molecular weight excluding hydrogens is 412 g/mol. The first kappa shape index (κ1) is 22.7. The van der Waals surface area contributed by atoms with E-state index in [0.29, 0.717) is 22.6 Å². The summed E-state index contributed by atoms with van der Waals surface area (Å²) in [5, 5.41) is 0. The molecule has 2 aromatic rings. The van der Waals surface area contributed by atoms with Gasteiger partial charge in [-0.15, -0.1) is 0 Å². The summed E-state index contributed by atoms with van der Waals surface area (Å²) in [4.78, 5) is 17.5. The van der Waals surface area contributed by atoms with E-state index in [-0.39, 0.29) is 0 Å². The molecule has 0 radical (unpaired) electrons. The zero-order valence-electron chi connectivity index (χ0n) is 20.0. The lowest BCUT2D eigenvalue weighted by molar-refractivity contribution is -0.144. The first-order valence-corrected chi connectivity index (χ1v) is 11.7. The Morgan fingerprint density at radius 3 is 1.70 bits per heavy atom. The van der Waals surface area contributed by atoms with Crippen LogP contribution in [0.15, 0.2) is 72.9 Å². The standard InChI is InChI=1S/C28H32N2O3/c1-7-21-22(8-2)28(33-27(21)31)23-15-13-19(29(9-3)10-4)17-25(23)32-26-18-20(14-16-24(26)28)30(11-5)12-6/h7-8,13-18H,1-2,9-12H2,3-6H3. The predicted octanol–water partition coefficient (Wildman–Crippen LogP) is 5.95. The van der Waals surface area contributed by atoms with E-state index in [1.807, 2.05) is 24.3 Å². The van der Waals surface area contributed by atoms with Crippen molar-refractivity contribution in [2.75, 3.05) is 36.0 Å². The summed E-state index contributed by atoms with van der Waals surface area (Å²) in [5.74, 6) is 0.960. The molecule has 0 N–H and O–H groups in total. The van der Waals surface area contributed by atoms with Crippen LogP contribution in [0.4, 0.5) is 11.4 Å². The number of carbonyl (C=O) groups is 1. The number of hydrogen-bond acceptors (Lipinski definition) is 5. The Balaban J connectivity index is 2.00. The molecule has 0 atom stereocenters. The van der Waals surface area contributed by atoms with Crippen LogP contribution in [-0.4, -0.2) is 32.1 Å². The van der Waals surface area contributed by atoms with Crippen molar-refractivity contribution < 1.29 is 14.3 Å². The van der Waals surface area contributed by atoms with E-state index < -0.39 is 11.6 Å². The van der Waals surface area contributed by atoms with Gasteiger partial charge in [0.25, 0.3) is 0 Å². The molecule has 0 aliphatic carbocycles. The highest BCUT2D eigenvalue weighted by molar-refractivity contribution is 5.98. The summed E-state index contributed by atoms with van der Waals surface area (Å²) in [5.41, 5.74) is 3.73. The number of nitrogens with zero attached hydrogens (tertiary/aromatic N) is 2. The summed E-state index contributed by atoms with van der Waals surface area (Å²) in [6.07, 6.45) is 3.26. The van der Waals surface area contributed by atoms with Crippen LogP contribution in [0, 0.1) is 0 Å². The zero-order chi connectivity index (χ0) is 23.8. The van der Waals surface area contributed by atoms with Crippen molar-refractivity contribution in [2.24, 2.45) is 0 Å². The minimum atomic E-state index is -1.12. The van der Waals surface area contributed by atoms with Gasteiger partial charge in [-0.1, -0.05) is 25.3 Å². The molecular formula is C28H32N2O3. The quantitative estimate of drug-likeness (QED) is 0.471. The fourth-order valence-corrected chi connectivity index (χ4v) is 5.00. The van der Waals surface area contributed by atoms with Gasteiger partial charge in [0.1, 0.15) is 11.5 Å². The maximum absolute atomic E-state index is 12.9. The lowest BCUT2D eigenvalue weighted by Gasteiger charge is -2.38. The van der Waals surface area contributed by atoms with Crippen molar-refractivity contribution in [1.82, 2.24) is 0 Å². The third kappa shape index (κ3) is 3.34. The van der Waals surface area contributed by atoms with Crippen molar-refractivity contribution in [2.45, 2.75) is 33.3 Å². The number of carbonyl (C=O) groups excluding carboxylic acids is 1. The number of rotatable bonds is 8. The fraction of sp³-hybridized carbons (Fsp3) is 0.321. The maximum atomic E-state index is 12.9. The molecule has 2 heterocycles. The number of anilines is 2. The highest BCUT2D eigenvalue weighted by Gasteiger charge is 2.53. The average Bonchev–Trinajstić information content (AvgIpc) is 3.12. The second-order valence-corrected chi connectivity index (χ2v) is 8.11. The summed E-state index contributed by atoms with van der Waals surface area (Å²) in [7, 11) is 0. The monoisotopic (exact) mass is 444 g/mol. The normalized spacial score (nSPS) is 15.5. The Morgan fingerprint density at radius 1 is 0.818 bits per heavy atom. The van der Waals surface area contributed by atoms with E-state index in [1.165, 1.54) is 0 Å². The van der Waals surface area contributed by atoms with E-state index >= 15 is 0 Å². The van der Waals surface area contributed by atoms with Crippen molar-refractivity contribution in [3.63, 3.8) is 0 Å². The van der Waals surface area contributed by atoms with Crippen LogP contribution >= 0.6 is 0 Å². The molecule has 2 aromatic carbocycles. The van der Waals surface area contributed by atoms with Crippen LogP contribution in [0.2, 0.25) is 0 Å². The number of benzene rings is 2. The predicted molar refractivity (Wildman–Crippen MR) is 134 cm³/mol. The third-order valence-electron chi connectivity index (χ3n) is 6.71. The van der Waals surface area contributed by atoms with Gasteiger partial charge < -0.3 is 19.3 Å². The Bertz CT molecular complexity index is 1080. The summed E-state index contributed by atoms with van der Waals surface area (Å²) in [6.45, 7) is 19.9. The molecule has 2 aliphatic heterocycles. The van der Waals surface area contributed by atoms with Gasteiger partial charge in [-0.25, -0.2) is 4.79 Å². The van der Waals surface area contributed by atoms with Crippen LogP contribution < -0.4 is 14.5 Å². The van der Waals surface area contributed by atoms with Gasteiger partial charge in [-0.2, -0.15) is 0 Å². The Hall–Kier alpha value is -3.47. The topological polar surface area (TPSA) is 42.0 Å². The molecule has 5 nitrogen and oxygen atoms in total. The molecule has 0 saturated heterocycles. The largest absolute Gasteiger partial charge is 0.456 e. The van der Waals surface area contributed by atoms with E-state index in [2.05, 4.69) is 62.8 Å². The van der Waals surface area contributed by atoms with Crippen LogP contribution in [0.3, 0.4) is 0 Å². The molecule has 0 unspecified atom stereocenters. The van der Waals surface area contributed by atoms with Gasteiger partial charge in [0.05, 0.1) is 5.57 Å². The molecule has 0 amide bonds. The second kappa shape index (κ2) is 8.81. The van der Waals surface area contributed by atoms with Crippen molar-refractivity contribution in [3.8, 4) is 11.5 Å². The summed E-state index contributed by atoms with van der Waals surface area (Å²) >= 11 is 0. The first-order valence-electron chi connectivity index (χ1n) is 11.7. The zero-order valence-corrected chi connectivity index (χ0v) is 20.0. The molecule has 2 aliphatic rings. The third-order valence-corrected chi connectivity index (χ3v) is 6.71. The smallest absolute Gasteiger partial charge is 0.340 e. The number of fused-ring (bicyclic) bond motifs is 4. The Kier molecular flexibility index (Phi) is 6.07. The highest BCUT2D eigenvalue weighted by atomic mass is 16.6. The van der Waals surface area contributed by atoms with Crippen molar-refractivity contribution >= 4 is 17.3 Å². The van der Waals surface area contributed by atoms with Gasteiger partial charge in [0.15, 0.2) is 5.60 Å². The van der Waals surface area contributed by atoms with Gasteiger partial charge in [0, 0.05) is 66.4 Å². The highest BCUT2D eigenvalue weighted by Crippen LogP contribution is 2.57. The Labute approximate surface area is 196 Å². The van der Waals surface area contributed by atoms with Crippen molar-refractivity contribution in [3.05, 3.63) is 84.0 Å². The molecule has 0 saturated carbocycles. The number of hydrogen-bond donors (Lipinski definition) is 0. The SMILES string of the molecule is C=CC1=C(C=C)C2(OC1=O)c1ccc(N(CC)CC)cc1Oc1cc(N(CC)CC)ccc12.